The van der Waals surface area contributed by atoms with Crippen molar-refractivity contribution in [3.8, 4) is 5.75 Å². The van der Waals surface area contributed by atoms with Gasteiger partial charge in [-0.3, -0.25) is 9.59 Å². The van der Waals surface area contributed by atoms with Crippen LogP contribution >= 0.6 is 27.5 Å². The Bertz CT molecular complexity index is 1230. The van der Waals surface area contributed by atoms with E-state index in [0.717, 1.165) is 34.0 Å². The third-order valence-corrected chi connectivity index (χ3v) is 7.39. The van der Waals surface area contributed by atoms with E-state index in [1.165, 1.54) is 0 Å². The van der Waals surface area contributed by atoms with E-state index >= 15 is 0 Å². The summed E-state index contributed by atoms with van der Waals surface area (Å²) in [7, 11) is 0. The Hall–Kier alpha value is -2.83. The molecule has 3 aromatic rings. The van der Waals surface area contributed by atoms with Gasteiger partial charge in [0.15, 0.2) is 6.61 Å². The van der Waals surface area contributed by atoms with Gasteiger partial charge in [0.05, 0.1) is 4.47 Å². The van der Waals surface area contributed by atoms with Crippen LogP contribution in [0.3, 0.4) is 0 Å². The van der Waals surface area contributed by atoms with Crippen molar-refractivity contribution in [3.63, 3.8) is 0 Å². The number of carbonyl (C=O) groups is 2. The van der Waals surface area contributed by atoms with Gasteiger partial charge in [0.25, 0.3) is 5.91 Å². The van der Waals surface area contributed by atoms with Crippen LogP contribution in [0.4, 0.5) is 0 Å². The molecule has 3 aromatic carbocycles. The maximum atomic E-state index is 13.8. The van der Waals surface area contributed by atoms with Gasteiger partial charge >= 0.3 is 0 Å². The number of benzene rings is 3. The minimum Gasteiger partial charge on any atom is -0.483 e. The van der Waals surface area contributed by atoms with Gasteiger partial charge in [-0.2, -0.15) is 0 Å². The molecule has 0 spiro atoms. The van der Waals surface area contributed by atoms with E-state index in [9.17, 15) is 9.59 Å². The first-order chi connectivity index (χ1) is 18.6. The SMILES string of the molecule is CCCCNC(=O)[C@H](Cc1ccccc1)N(Cc1ccc(Cl)cc1)C(=O)COc1ccc(C(C)(C)C)cc1Br. The summed E-state index contributed by atoms with van der Waals surface area (Å²) in [6.45, 7) is 9.13. The van der Waals surface area contributed by atoms with Crippen LogP contribution < -0.4 is 10.1 Å². The lowest BCUT2D eigenvalue weighted by atomic mass is 9.87. The van der Waals surface area contributed by atoms with E-state index in [1.54, 1.807) is 17.0 Å². The molecular weight excluding hydrogens is 576 g/mol. The molecule has 0 aliphatic carbocycles. The number of hydrogen-bond acceptors (Lipinski definition) is 3. The van der Waals surface area contributed by atoms with Crippen LogP contribution in [0, 0.1) is 0 Å². The van der Waals surface area contributed by atoms with Crippen LogP contribution in [0.1, 0.15) is 57.2 Å². The Morgan fingerprint density at radius 3 is 2.31 bits per heavy atom. The Morgan fingerprint density at radius 2 is 1.69 bits per heavy atom. The number of nitrogens with zero attached hydrogens (tertiary/aromatic N) is 1. The number of hydrogen-bond donors (Lipinski definition) is 1. The quantitative estimate of drug-likeness (QED) is 0.218. The number of amides is 2. The van der Waals surface area contributed by atoms with Crippen molar-refractivity contribution in [2.24, 2.45) is 0 Å². The van der Waals surface area contributed by atoms with Crippen LogP contribution in [0.15, 0.2) is 77.3 Å². The van der Waals surface area contributed by atoms with Crippen molar-refractivity contribution in [1.82, 2.24) is 10.2 Å². The Balaban J connectivity index is 1.88. The highest BCUT2D eigenvalue weighted by molar-refractivity contribution is 9.10. The molecule has 5 nitrogen and oxygen atoms in total. The summed E-state index contributed by atoms with van der Waals surface area (Å²) in [6.07, 6.45) is 2.23. The van der Waals surface area contributed by atoms with Gasteiger partial charge in [-0.05, 0) is 68.7 Å². The van der Waals surface area contributed by atoms with Gasteiger partial charge in [-0.15, -0.1) is 0 Å². The summed E-state index contributed by atoms with van der Waals surface area (Å²) >= 11 is 9.70. The number of unbranched alkanes of at least 4 members (excludes halogenated alkanes) is 1. The van der Waals surface area contributed by atoms with Gasteiger partial charge in [0.2, 0.25) is 5.91 Å². The third-order valence-electron chi connectivity index (χ3n) is 6.52. The van der Waals surface area contributed by atoms with E-state index in [4.69, 9.17) is 16.3 Å². The number of halogens is 2. The van der Waals surface area contributed by atoms with Gasteiger partial charge in [-0.25, -0.2) is 0 Å². The summed E-state index contributed by atoms with van der Waals surface area (Å²) in [4.78, 5) is 28.9. The van der Waals surface area contributed by atoms with Crippen molar-refractivity contribution in [2.45, 2.75) is 65.0 Å². The maximum absolute atomic E-state index is 13.8. The fourth-order valence-corrected chi connectivity index (χ4v) is 4.77. The van der Waals surface area contributed by atoms with E-state index in [1.807, 2.05) is 60.7 Å². The van der Waals surface area contributed by atoms with Crippen LogP contribution in [-0.4, -0.2) is 35.9 Å². The van der Waals surface area contributed by atoms with Crippen molar-refractivity contribution in [3.05, 3.63) is 99.0 Å². The van der Waals surface area contributed by atoms with E-state index < -0.39 is 6.04 Å². The number of carbonyl (C=O) groups excluding carboxylic acids is 2. The Morgan fingerprint density at radius 1 is 1.00 bits per heavy atom. The topological polar surface area (TPSA) is 58.6 Å². The van der Waals surface area contributed by atoms with E-state index in [0.29, 0.717) is 23.7 Å². The van der Waals surface area contributed by atoms with Gasteiger partial charge in [-0.1, -0.05) is 94.2 Å². The second-order valence-corrected chi connectivity index (χ2v) is 12.0. The minimum atomic E-state index is -0.706. The van der Waals surface area contributed by atoms with Crippen molar-refractivity contribution < 1.29 is 14.3 Å². The molecule has 0 aliphatic rings. The summed E-state index contributed by atoms with van der Waals surface area (Å²) in [5.74, 6) is 0.128. The van der Waals surface area contributed by atoms with Crippen LogP contribution in [0.5, 0.6) is 5.75 Å². The molecule has 7 heteroatoms. The molecule has 0 saturated heterocycles. The molecule has 0 saturated carbocycles. The van der Waals surface area contributed by atoms with Crippen molar-refractivity contribution in [2.75, 3.05) is 13.2 Å². The molecule has 0 heterocycles. The van der Waals surface area contributed by atoms with Crippen molar-refractivity contribution >= 4 is 39.3 Å². The summed E-state index contributed by atoms with van der Waals surface area (Å²) in [5.41, 5.74) is 3.00. The highest BCUT2D eigenvalue weighted by Crippen LogP contribution is 2.31. The average molecular weight is 614 g/mol. The fourth-order valence-electron chi connectivity index (χ4n) is 4.15. The molecule has 0 bridgehead atoms. The molecular formula is C32H38BrClN2O3. The Labute approximate surface area is 246 Å². The van der Waals surface area contributed by atoms with Gasteiger partial charge in [0.1, 0.15) is 11.8 Å². The predicted octanol–water partition coefficient (Wildman–Crippen LogP) is 7.34. The maximum Gasteiger partial charge on any atom is 0.261 e. The highest BCUT2D eigenvalue weighted by atomic mass is 79.9. The molecule has 3 rings (SSSR count). The average Bonchev–Trinajstić information content (AvgIpc) is 2.91. The lowest BCUT2D eigenvalue weighted by molar-refractivity contribution is -0.142. The molecule has 208 valence electrons. The third kappa shape index (κ3) is 9.40. The molecule has 0 aliphatic heterocycles. The Kier molecular flexibility index (Phi) is 11.4. The summed E-state index contributed by atoms with van der Waals surface area (Å²) in [6, 6.07) is 22.3. The first-order valence-corrected chi connectivity index (χ1v) is 14.5. The molecule has 0 unspecified atom stereocenters. The molecule has 0 aromatic heterocycles. The van der Waals surface area contributed by atoms with Crippen LogP contribution in [-0.2, 0) is 28.0 Å². The second-order valence-electron chi connectivity index (χ2n) is 10.7. The molecule has 39 heavy (non-hydrogen) atoms. The smallest absolute Gasteiger partial charge is 0.261 e. The lowest BCUT2D eigenvalue weighted by Crippen LogP contribution is -2.51. The minimum absolute atomic E-state index is 0.0119. The van der Waals surface area contributed by atoms with Gasteiger partial charge in [0, 0.05) is 24.5 Å². The molecule has 2 amide bonds. The zero-order chi connectivity index (χ0) is 28.4. The number of ether oxygens (including phenoxy) is 1. The zero-order valence-corrected chi connectivity index (χ0v) is 25.5. The van der Waals surface area contributed by atoms with E-state index in [-0.39, 0.29) is 30.4 Å². The molecule has 1 atom stereocenters. The van der Waals surface area contributed by atoms with Crippen LogP contribution in [0.25, 0.3) is 0 Å². The molecule has 1 N–H and O–H groups in total. The highest BCUT2D eigenvalue weighted by Gasteiger charge is 2.30. The largest absolute Gasteiger partial charge is 0.483 e. The molecule has 0 fully saturated rings. The first-order valence-electron chi connectivity index (χ1n) is 13.4. The second kappa shape index (κ2) is 14.5. The lowest BCUT2D eigenvalue weighted by Gasteiger charge is -2.31. The summed E-state index contributed by atoms with van der Waals surface area (Å²) in [5, 5.41) is 3.65. The monoisotopic (exact) mass is 612 g/mol. The normalized spacial score (nSPS) is 12.1. The number of nitrogens with one attached hydrogen (secondary N) is 1. The standard InChI is InChI=1S/C32H38BrClN2O3/c1-5-6-18-35-31(38)28(19-23-10-8-7-9-11-23)36(21-24-12-15-26(34)16-13-24)30(37)22-39-29-17-14-25(20-27(29)33)32(2,3)4/h7-17,20,28H,5-6,18-19,21-22H2,1-4H3,(H,35,38)/t28-/m0/s1. The summed E-state index contributed by atoms with van der Waals surface area (Å²) < 4.78 is 6.77. The molecule has 0 radical (unpaired) electrons. The van der Waals surface area contributed by atoms with Crippen molar-refractivity contribution in [1.29, 1.82) is 0 Å². The first kappa shape index (κ1) is 30.7. The fraction of sp³-hybridized carbons (Fsp3) is 0.375. The predicted molar refractivity (Wildman–Crippen MR) is 162 cm³/mol. The van der Waals surface area contributed by atoms with E-state index in [2.05, 4.69) is 48.9 Å². The van der Waals surface area contributed by atoms with Crippen LogP contribution in [0.2, 0.25) is 5.02 Å². The van der Waals surface area contributed by atoms with Gasteiger partial charge < -0.3 is 15.0 Å². The zero-order valence-electron chi connectivity index (χ0n) is 23.2. The number of rotatable bonds is 12.